The zero-order valence-corrected chi connectivity index (χ0v) is 12.6. The minimum atomic E-state index is -2.50. The van der Waals surface area contributed by atoms with Crippen molar-refractivity contribution in [2.45, 2.75) is 38.3 Å². The molecule has 1 unspecified atom stereocenters. The fraction of sp³-hybridized carbons (Fsp3) is 0.533. The second kappa shape index (κ2) is 8.95. The highest BCUT2D eigenvalue weighted by Gasteiger charge is 2.23. The van der Waals surface area contributed by atoms with E-state index in [-0.39, 0.29) is 30.9 Å². The molecule has 1 saturated heterocycles. The summed E-state index contributed by atoms with van der Waals surface area (Å²) in [4.78, 5) is 13.5. The largest absolute Gasteiger partial charge is 0.333 e. The molecule has 0 saturated carbocycles. The van der Waals surface area contributed by atoms with E-state index < -0.39 is 13.0 Å². The van der Waals surface area contributed by atoms with E-state index in [9.17, 15) is 13.6 Å². The monoisotopic (exact) mass is 318 g/mol. The molecule has 118 valence electrons. The first-order valence-corrected chi connectivity index (χ1v) is 6.98. The Bertz CT molecular complexity index is 425. The number of carbonyl (C=O) groups excluding carboxylic acids is 1. The number of nitrogens with zero attached hydrogens (tertiary/aromatic N) is 1. The second-order valence-electron chi connectivity index (χ2n) is 5.15. The van der Waals surface area contributed by atoms with Gasteiger partial charge in [0.15, 0.2) is 0 Å². The zero-order valence-electron chi connectivity index (χ0n) is 11.8. The van der Waals surface area contributed by atoms with Crippen molar-refractivity contribution >= 4 is 18.3 Å². The molecule has 1 N–H and O–H groups in total. The molecule has 1 amide bonds. The average molecular weight is 319 g/mol. The van der Waals surface area contributed by atoms with Crippen LogP contribution in [0.4, 0.5) is 8.78 Å². The number of hydrogen-bond donors (Lipinski definition) is 1. The van der Waals surface area contributed by atoms with Crippen LogP contribution < -0.4 is 5.32 Å². The molecule has 0 aliphatic carbocycles. The summed E-state index contributed by atoms with van der Waals surface area (Å²) in [5.74, 6) is -0.200. The molecular weight excluding hydrogens is 298 g/mol. The number of benzene rings is 1. The lowest BCUT2D eigenvalue weighted by molar-refractivity contribution is -0.134. The van der Waals surface area contributed by atoms with Gasteiger partial charge in [-0.3, -0.25) is 4.79 Å². The summed E-state index contributed by atoms with van der Waals surface area (Å²) >= 11 is 0. The fourth-order valence-electron chi connectivity index (χ4n) is 2.50. The van der Waals surface area contributed by atoms with Crippen molar-refractivity contribution < 1.29 is 13.6 Å². The van der Waals surface area contributed by atoms with Gasteiger partial charge in [-0.05, 0) is 24.9 Å². The molecule has 21 heavy (non-hydrogen) atoms. The molecule has 0 radical (unpaired) electrons. The third-order valence-electron chi connectivity index (χ3n) is 3.51. The van der Waals surface area contributed by atoms with Gasteiger partial charge in [0.1, 0.15) is 0 Å². The van der Waals surface area contributed by atoms with Crippen LogP contribution in [0.25, 0.3) is 0 Å². The quantitative estimate of drug-likeness (QED) is 0.875. The van der Waals surface area contributed by atoms with Gasteiger partial charge in [-0.1, -0.05) is 30.3 Å². The van der Waals surface area contributed by atoms with Crippen LogP contribution in [0.2, 0.25) is 0 Å². The molecule has 1 aromatic carbocycles. The third kappa shape index (κ3) is 5.98. The van der Waals surface area contributed by atoms with E-state index in [4.69, 9.17) is 0 Å². The van der Waals surface area contributed by atoms with Crippen molar-refractivity contribution in [3.05, 3.63) is 35.9 Å². The van der Waals surface area contributed by atoms with Crippen LogP contribution in [0.5, 0.6) is 0 Å². The molecule has 1 aromatic rings. The molecule has 3 nitrogen and oxygen atoms in total. The van der Waals surface area contributed by atoms with E-state index in [1.165, 1.54) is 4.90 Å². The van der Waals surface area contributed by atoms with Crippen LogP contribution in [-0.4, -0.2) is 36.4 Å². The van der Waals surface area contributed by atoms with Gasteiger partial charge in [0, 0.05) is 19.0 Å². The van der Waals surface area contributed by atoms with Gasteiger partial charge in [-0.15, -0.1) is 12.4 Å². The van der Waals surface area contributed by atoms with E-state index in [2.05, 4.69) is 5.32 Å². The maximum absolute atomic E-state index is 12.7. The highest BCUT2D eigenvalue weighted by atomic mass is 35.5. The Labute approximate surface area is 130 Å². The summed E-state index contributed by atoms with van der Waals surface area (Å²) in [6.07, 6.45) is -0.204. The molecule has 1 fully saturated rings. The third-order valence-corrected chi connectivity index (χ3v) is 3.51. The van der Waals surface area contributed by atoms with Crippen LogP contribution in [0.3, 0.4) is 0 Å². The first-order chi connectivity index (χ1) is 9.65. The number of carbonyl (C=O) groups is 1. The van der Waals surface area contributed by atoms with Crippen LogP contribution in [0.1, 0.15) is 24.8 Å². The predicted molar refractivity (Wildman–Crippen MR) is 80.8 cm³/mol. The Morgan fingerprint density at radius 2 is 2.05 bits per heavy atom. The Morgan fingerprint density at radius 1 is 1.33 bits per heavy atom. The molecule has 1 aliphatic rings. The van der Waals surface area contributed by atoms with Crippen molar-refractivity contribution in [2.24, 2.45) is 0 Å². The van der Waals surface area contributed by atoms with Crippen LogP contribution >= 0.6 is 12.4 Å². The van der Waals surface area contributed by atoms with Crippen LogP contribution in [0.15, 0.2) is 30.3 Å². The van der Waals surface area contributed by atoms with Gasteiger partial charge in [-0.2, -0.15) is 0 Å². The van der Waals surface area contributed by atoms with E-state index in [0.717, 1.165) is 24.9 Å². The van der Waals surface area contributed by atoms with Gasteiger partial charge in [0.25, 0.3) is 6.43 Å². The Morgan fingerprint density at radius 3 is 2.62 bits per heavy atom. The topological polar surface area (TPSA) is 32.3 Å². The lowest BCUT2D eigenvalue weighted by Gasteiger charge is -2.24. The summed E-state index contributed by atoms with van der Waals surface area (Å²) < 4.78 is 25.3. The van der Waals surface area contributed by atoms with Gasteiger partial charge in [0.2, 0.25) is 5.91 Å². The number of alkyl halides is 2. The van der Waals surface area contributed by atoms with Crippen molar-refractivity contribution in [3.63, 3.8) is 0 Å². The number of amides is 1. The summed E-state index contributed by atoms with van der Waals surface area (Å²) in [6.45, 7) is 0.655. The molecule has 2 rings (SSSR count). The Kier molecular flexibility index (Phi) is 7.61. The Balaban J connectivity index is 0.00000220. The van der Waals surface area contributed by atoms with E-state index in [1.54, 1.807) is 0 Å². The van der Waals surface area contributed by atoms with Gasteiger partial charge in [0.05, 0.1) is 6.54 Å². The summed E-state index contributed by atoms with van der Waals surface area (Å²) in [7, 11) is 0. The van der Waals surface area contributed by atoms with Crippen LogP contribution in [0, 0.1) is 0 Å². The first-order valence-electron chi connectivity index (χ1n) is 6.98. The lowest BCUT2D eigenvalue weighted by atomic mass is 10.1. The van der Waals surface area contributed by atoms with Crippen molar-refractivity contribution in [2.75, 3.05) is 13.1 Å². The molecule has 1 atom stereocenters. The maximum atomic E-state index is 12.7. The van der Waals surface area contributed by atoms with Crippen molar-refractivity contribution in [3.8, 4) is 0 Å². The van der Waals surface area contributed by atoms with Crippen LogP contribution in [-0.2, 0) is 11.3 Å². The zero-order chi connectivity index (χ0) is 14.4. The highest BCUT2D eigenvalue weighted by Crippen LogP contribution is 2.14. The van der Waals surface area contributed by atoms with E-state index >= 15 is 0 Å². The second-order valence-corrected chi connectivity index (χ2v) is 5.15. The van der Waals surface area contributed by atoms with Gasteiger partial charge >= 0.3 is 0 Å². The van der Waals surface area contributed by atoms with Crippen molar-refractivity contribution in [1.82, 2.24) is 10.2 Å². The number of rotatable bonds is 6. The number of halogens is 3. The first kappa shape index (κ1) is 17.9. The van der Waals surface area contributed by atoms with E-state index in [1.807, 2.05) is 30.3 Å². The summed E-state index contributed by atoms with van der Waals surface area (Å²) in [5.41, 5.74) is 0.876. The number of nitrogens with one attached hydrogen (secondary N) is 1. The summed E-state index contributed by atoms with van der Waals surface area (Å²) in [5, 5.41) is 3.22. The van der Waals surface area contributed by atoms with E-state index in [0.29, 0.717) is 6.42 Å². The Hall–Kier alpha value is -1.20. The SMILES string of the molecule is Cl.O=C(CC1CCCN1)N(Cc1ccccc1)CC(F)F. The fourth-order valence-corrected chi connectivity index (χ4v) is 2.50. The maximum Gasteiger partial charge on any atom is 0.255 e. The normalized spacial score (nSPS) is 17.6. The molecular formula is C15H21ClF2N2O. The molecule has 0 spiro atoms. The molecule has 1 heterocycles. The molecule has 6 heteroatoms. The predicted octanol–water partition coefficient (Wildman–Crippen LogP) is 2.84. The van der Waals surface area contributed by atoms with Crippen molar-refractivity contribution in [1.29, 1.82) is 0 Å². The molecule has 1 aliphatic heterocycles. The average Bonchev–Trinajstić information content (AvgIpc) is 2.91. The molecule has 0 bridgehead atoms. The molecule has 0 aromatic heterocycles. The standard InChI is InChI=1S/C15H20F2N2O.ClH/c16-14(17)11-19(10-12-5-2-1-3-6-12)15(20)9-13-7-4-8-18-13;/h1-3,5-6,13-14,18H,4,7-11H2;1H. The summed E-state index contributed by atoms with van der Waals surface area (Å²) in [6, 6.07) is 9.39. The lowest BCUT2D eigenvalue weighted by Crippen LogP contribution is -2.38. The number of hydrogen-bond acceptors (Lipinski definition) is 2. The highest BCUT2D eigenvalue weighted by molar-refractivity contribution is 5.85. The minimum absolute atomic E-state index is 0. The van der Waals surface area contributed by atoms with Gasteiger partial charge < -0.3 is 10.2 Å². The minimum Gasteiger partial charge on any atom is -0.333 e. The van der Waals surface area contributed by atoms with Gasteiger partial charge in [-0.25, -0.2) is 8.78 Å². The smallest absolute Gasteiger partial charge is 0.255 e.